The second kappa shape index (κ2) is 3.25. The standard InChI is InChI=1S/C11H12O3/c1-4-8-5-10-11(6-9(8)12-3)14-7(2)13-10/h4-7H,1H2,2-3H3. The molecule has 1 aromatic rings. The van der Waals surface area contributed by atoms with Crippen molar-refractivity contribution in [3.05, 3.63) is 24.3 Å². The van der Waals surface area contributed by atoms with Gasteiger partial charge in [-0.15, -0.1) is 0 Å². The Morgan fingerprint density at radius 2 is 2.00 bits per heavy atom. The molecule has 74 valence electrons. The van der Waals surface area contributed by atoms with Crippen molar-refractivity contribution in [3.63, 3.8) is 0 Å². The van der Waals surface area contributed by atoms with Gasteiger partial charge in [0.1, 0.15) is 5.75 Å². The first-order valence-electron chi connectivity index (χ1n) is 4.42. The van der Waals surface area contributed by atoms with E-state index in [2.05, 4.69) is 6.58 Å². The van der Waals surface area contributed by atoms with Gasteiger partial charge in [0.15, 0.2) is 11.5 Å². The molecule has 0 fully saturated rings. The third-order valence-electron chi connectivity index (χ3n) is 2.10. The molecule has 1 aliphatic heterocycles. The SMILES string of the molecule is C=Cc1cc2c(cc1OC)OC(C)O2. The highest BCUT2D eigenvalue weighted by Gasteiger charge is 2.21. The molecule has 3 nitrogen and oxygen atoms in total. The minimum Gasteiger partial charge on any atom is -0.496 e. The molecule has 1 atom stereocenters. The highest BCUT2D eigenvalue weighted by atomic mass is 16.7. The molecule has 0 bridgehead atoms. The Morgan fingerprint density at radius 1 is 1.36 bits per heavy atom. The van der Waals surface area contributed by atoms with E-state index in [4.69, 9.17) is 14.2 Å². The molecular weight excluding hydrogens is 180 g/mol. The van der Waals surface area contributed by atoms with Gasteiger partial charge in [-0.25, -0.2) is 0 Å². The highest BCUT2D eigenvalue weighted by Crippen LogP contribution is 2.40. The van der Waals surface area contributed by atoms with Crippen LogP contribution in [0.2, 0.25) is 0 Å². The number of rotatable bonds is 2. The molecule has 2 rings (SSSR count). The quantitative estimate of drug-likeness (QED) is 0.720. The molecule has 1 aromatic carbocycles. The van der Waals surface area contributed by atoms with Gasteiger partial charge in [0.25, 0.3) is 0 Å². The largest absolute Gasteiger partial charge is 0.496 e. The predicted molar refractivity (Wildman–Crippen MR) is 53.8 cm³/mol. The Labute approximate surface area is 82.9 Å². The summed E-state index contributed by atoms with van der Waals surface area (Å²) in [4.78, 5) is 0. The first-order valence-corrected chi connectivity index (χ1v) is 4.42. The summed E-state index contributed by atoms with van der Waals surface area (Å²) in [7, 11) is 1.62. The van der Waals surface area contributed by atoms with E-state index in [9.17, 15) is 0 Å². The molecule has 0 aromatic heterocycles. The average Bonchev–Trinajstić information content (AvgIpc) is 2.54. The zero-order valence-electron chi connectivity index (χ0n) is 8.24. The van der Waals surface area contributed by atoms with E-state index in [1.54, 1.807) is 13.2 Å². The first kappa shape index (κ1) is 8.94. The van der Waals surface area contributed by atoms with Gasteiger partial charge in [-0.2, -0.15) is 0 Å². The van der Waals surface area contributed by atoms with E-state index in [-0.39, 0.29) is 6.29 Å². The lowest BCUT2D eigenvalue weighted by molar-refractivity contribution is 0.0678. The lowest BCUT2D eigenvalue weighted by Gasteiger charge is -2.05. The smallest absolute Gasteiger partial charge is 0.238 e. The van der Waals surface area contributed by atoms with Crippen LogP contribution < -0.4 is 14.2 Å². The van der Waals surface area contributed by atoms with Gasteiger partial charge in [-0.1, -0.05) is 12.7 Å². The van der Waals surface area contributed by atoms with E-state index < -0.39 is 0 Å². The van der Waals surface area contributed by atoms with Crippen molar-refractivity contribution in [2.75, 3.05) is 7.11 Å². The first-order chi connectivity index (χ1) is 6.74. The normalized spacial score (nSPS) is 18.0. The zero-order chi connectivity index (χ0) is 10.1. The number of fused-ring (bicyclic) bond motifs is 1. The molecule has 3 heteroatoms. The van der Waals surface area contributed by atoms with Crippen molar-refractivity contribution in [1.29, 1.82) is 0 Å². The van der Waals surface area contributed by atoms with Crippen LogP contribution >= 0.6 is 0 Å². The Hall–Kier alpha value is -1.64. The third kappa shape index (κ3) is 1.31. The second-order valence-corrected chi connectivity index (χ2v) is 3.05. The van der Waals surface area contributed by atoms with Crippen LogP contribution in [0.1, 0.15) is 12.5 Å². The van der Waals surface area contributed by atoms with E-state index in [0.717, 1.165) is 22.8 Å². The summed E-state index contributed by atoms with van der Waals surface area (Å²) in [5, 5.41) is 0. The number of benzene rings is 1. The number of ether oxygens (including phenoxy) is 3. The van der Waals surface area contributed by atoms with Crippen molar-refractivity contribution >= 4 is 6.08 Å². The zero-order valence-corrected chi connectivity index (χ0v) is 8.24. The van der Waals surface area contributed by atoms with Crippen molar-refractivity contribution in [3.8, 4) is 17.2 Å². The molecule has 0 saturated heterocycles. The molecule has 0 spiro atoms. The van der Waals surface area contributed by atoms with E-state index in [0.29, 0.717) is 0 Å². The van der Waals surface area contributed by atoms with Crippen molar-refractivity contribution in [1.82, 2.24) is 0 Å². The van der Waals surface area contributed by atoms with Gasteiger partial charge in [-0.3, -0.25) is 0 Å². The van der Waals surface area contributed by atoms with Gasteiger partial charge >= 0.3 is 0 Å². The molecule has 0 aliphatic carbocycles. The van der Waals surface area contributed by atoms with Gasteiger partial charge in [0.05, 0.1) is 7.11 Å². The molecule has 1 aliphatic rings. The van der Waals surface area contributed by atoms with Gasteiger partial charge in [0, 0.05) is 18.6 Å². The molecule has 14 heavy (non-hydrogen) atoms. The number of hydrogen-bond donors (Lipinski definition) is 0. The Bertz CT molecular complexity index is 371. The fourth-order valence-corrected chi connectivity index (χ4v) is 1.46. The average molecular weight is 192 g/mol. The highest BCUT2D eigenvalue weighted by molar-refractivity contribution is 5.63. The molecule has 1 unspecified atom stereocenters. The van der Waals surface area contributed by atoms with Crippen LogP contribution in [0.15, 0.2) is 18.7 Å². The summed E-state index contributed by atoms with van der Waals surface area (Å²) in [5.41, 5.74) is 0.906. The maximum absolute atomic E-state index is 5.42. The lowest BCUT2D eigenvalue weighted by Crippen LogP contribution is -2.11. The molecule has 1 heterocycles. The number of methoxy groups -OCH3 is 1. The third-order valence-corrected chi connectivity index (χ3v) is 2.10. The molecular formula is C11H12O3. The van der Waals surface area contributed by atoms with E-state index in [1.807, 2.05) is 19.1 Å². The molecule has 0 N–H and O–H groups in total. The minimum atomic E-state index is -0.227. The summed E-state index contributed by atoms with van der Waals surface area (Å²) < 4.78 is 16.0. The van der Waals surface area contributed by atoms with Crippen LogP contribution in [0.4, 0.5) is 0 Å². The fraction of sp³-hybridized carbons (Fsp3) is 0.273. The summed E-state index contributed by atoms with van der Waals surface area (Å²) in [6.45, 7) is 5.55. The Kier molecular flexibility index (Phi) is 2.08. The van der Waals surface area contributed by atoms with Gasteiger partial charge in [0.2, 0.25) is 6.29 Å². The van der Waals surface area contributed by atoms with E-state index >= 15 is 0 Å². The van der Waals surface area contributed by atoms with Gasteiger partial charge in [-0.05, 0) is 6.07 Å². The maximum Gasteiger partial charge on any atom is 0.238 e. The van der Waals surface area contributed by atoms with Crippen LogP contribution in [0, 0.1) is 0 Å². The van der Waals surface area contributed by atoms with Gasteiger partial charge < -0.3 is 14.2 Å². The van der Waals surface area contributed by atoms with Crippen LogP contribution in [0.25, 0.3) is 6.08 Å². The summed E-state index contributed by atoms with van der Waals surface area (Å²) in [6.07, 6.45) is 1.50. The molecule has 0 saturated carbocycles. The van der Waals surface area contributed by atoms with Crippen LogP contribution in [-0.4, -0.2) is 13.4 Å². The molecule has 0 amide bonds. The van der Waals surface area contributed by atoms with Crippen molar-refractivity contribution < 1.29 is 14.2 Å². The summed E-state index contributed by atoms with van der Waals surface area (Å²) in [6, 6.07) is 3.68. The van der Waals surface area contributed by atoms with Crippen molar-refractivity contribution in [2.24, 2.45) is 0 Å². The van der Waals surface area contributed by atoms with Crippen LogP contribution in [0.5, 0.6) is 17.2 Å². The fourth-order valence-electron chi connectivity index (χ4n) is 1.46. The Balaban J connectivity index is 2.48. The number of hydrogen-bond acceptors (Lipinski definition) is 3. The topological polar surface area (TPSA) is 27.7 Å². The predicted octanol–water partition coefficient (Wildman–Crippen LogP) is 2.46. The monoisotopic (exact) mass is 192 g/mol. The molecule has 0 radical (unpaired) electrons. The van der Waals surface area contributed by atoms with E-state index in [1.165, 1.54) is 0 Å². The van der Waals surface area contributed by atoms with Crippen LogP contribution in [0.3, 0.4) is 0 Å². The lowest BCUT2D eigenvalue weighted by atomic mass is 10.2. The summed E-state index contributed by atoms with van der Waals surface area (Å²) >= 11 is 0. The van der Waals surface area contributed by atoms with Crippen LogP contribution in [-0.2, 0) is 0 Å². The second-order valence-electron chi connectivity index (χ2n) is 3.05. The Morgan fingerprint density at radius 3 is 2.57 bits per heavy atom. The minimum absolute atomic E-state index is 0.227. The van der Waals surface area contributed by atoms with Crippen molar-refractivity contribution in [2.45, 2.75) is 13.2 Å². The maximum atomic E-state index is 5.42. The summed E-state index contributed by atoms with van der Waals surface area (Å²) in [5.74, 6) is 2.21.